The molecular formula is C11H15NO2S. The summed E-state index contributed by atoms with van der Waals surface area (Å²) in [4.78, 5) is 17.0. The molecule has 2 rings (SSSR count). The van der Waals surface area contributed by atoms with Crippen LogP contribution < -0.4 is 0 Å². The minimum atomic E-state index is -0.0493. The van der Waals surface area contributed by atoms with Gasteiger partial charge in [0.2, 0.25) is 0 Å². The van der Waals surface area contributed by atoms with Crippen LogP contribution in [-0.2, 0) is 16.1 Å². The predicted molar refractivity (Wildman–Crippen MR) is 58.7 cm³/mol. The molecule has 0 radical (unpaired) electrons. The zero-order valence-electron chi connectivity index (χ0n) is 9.08. The molecule has 0 saturated heterocycles. The number of esters is 1. The van der Waals surface area contributed by atoms with Crippen molar-refractivity contribution in [3.63, 3.8) is 0 Å². The van der Waals surface area contributed by atoms with Crippen molar-refractivity contribution in [1.82, 2.24) is 4.98 Å². The Morgan fingerprint density at radius 3 is 2.73 bits per heavy atom. The molecule has 82 valence electrons. The van der Waals surface area contributed by atoms with Crippen molar-refractivity contribution in [1.29, 1.82) is 0 Å². The van der Waals surface area contributed by atoms with E-state index in [4.69, 9.17) is 4.74 Å². The summed E-state index contributed by atoms with van der Waals surface area (Å²) in [6, 6.07) is 0. The maximum atomic E-state index is 11.4. The zero-order valence-corrected chi connectivity index (χ0v) is 9.89. The highest BCUT2D eigenvalue weighted by Gasteiger charge is 2.26. The van der Waals surface area contributed by atoms with E-state index in [1.807, 2.05) is 13.8 Å². The Labute approximate surface area is 93.5 Å². The second-order valence-corrected chi connectivity index (χ2v) is 5.27. The van der Waals surface area contributed by atoms with Gasteiger partial charge in [0.05, 0.1) is 11.6 Å². The molecule has 1 heterocycles. The van der Waals surface area contributed by atoms with Crippen LogP contribution in [0.3, 0.4) is 0 Å². The number of carbonyl (C=O) groups excluding carboxylic acids is 1. The van der Waals surface area contributed by atoms with Crippen LogP contribution in [0.1, 0.15) is 34.8 Å². The van der Waals surface area contributed by atoms with Gasteiger partial charge in [0.25, 0.3) is 0 Å². The lowest BCUT2D eigenvalue weighted by Gasteiger charge is -2.22. The minimum Gasteiger partial charge on any atom is -0.458 e. The fourth-order valence-electron chi connectivity index (χ4n) is 1.50. The Morgan fingerprint density at radius 1 is 1.53 bits per heavy atom. The number of thiazole rings is 1. The van der Waals surface area contributed by atoms with Crippen molar-refractivity contribution in [2.75, 3.05) is 0 Å². The molecule has 1 aliphatic carbocycles. The van der Waals surface area contributed by atoms with E-state index in [0.29, 0.717) is 6.61 Å². The van der Waals surface area contributed by atoms with Crippen molar-refractivity contribution in [3.05, 3.63) is 15.6 Å². The molecule has 0 unspecified atom stereocenters. The summed E-state index contributed by atoms with van der Waals surface area (Å²) in [6.45, 7) is 4.35. The third-order valence-electron chi connectivity index (χ3n) is 2.85. The lowest BCUT2D eigenvalue weighted by molar-refractivity contribution is -0.152. The molecule has 1 fully saturated rings. The number of aromatic nitrogens is 1. The van der Waals surface area contributed by atoms with E-state index in [1.165, 1.54) is 4.88 Å². The first-order valence-corrected chi connectivity index (χ1v) is 6.08. The molecule has 1 aliphatic rings. The summed E-state index contributed by atoms with van der Waals surface area (Å²) in [6.07, 6.45) is 3.15. The molecule has 0 atom stereocenters. The summed E-state index contributed by atoms with van der Waals surface area (Å²) in [5.74, 6) is 0.110. The van der Waals surface area contributed by atoms with Crippen LogP contribution in [0.5, 0.6) is 0 Å². The van der Waals surface area contributed by atoms with Gasteiger partial charge in [-0.05, 0) is 26.7 Å². The molecule has 1 aromatic heterocycles. The molecule has 4 heteroatoms. The average molecular weight is 225 g/mol. The van der Waals surface area contributed by atoms with Crippen LogP contribution in [0.4, 0.5) is 0 Å². The van der Waals surface area contributed by atoms with Crippen LogP contribution in [0.25, 0.3) is 0 Å². The largest absolute Gasteiger partial charge is 0.458 e. The number of nitrogens with zero attached hydrogens (tertiary/aromatic N) is 1. The second kappa shape index (κ2) is 4.31. The number of aryl methyl sites for hydroxylation is 2. The summed E-state index contributed by atoms with van der Waals surface area (Å²) >= 11 is 1.61. The zero-order chi connectivity index (χ0) is 10.8. The van der Waals surface area contributed by atoms with Crippen LogP contribution in [0.2, 0.25) is 0 Å². The van der Waals surface area contributed by atoms with Crippen LogP contribution in [0, 0.1) is 19.8 Å². The van der Waals surface area contributed by atoms with E-state index >= 15 is 0 Å². The standard InChI is InChI=1S/C11H15NO2S/c1-7-8(2)15-10(12-7)6-14-11(13)9-4-3-5-9/h9H,3-6H2,1-2H3. The maximum absolute atomic E-state index is 11.4. The number of carbonyl (C=O) groups is 1. The maximum Gasteiger partial charge on any atom is 0.309 e. The number of rotatable bonds is 3. The molecule has 0 spiro atoms. The fraction of sp³-hybridized carbons (Fsp3) is 0.636. The molecule has 1 saturated carbocycles. The molecule has 0 amide bonds. The summed E-state index contributed by atoms with van der Waals surface area (Å²) < 4.78 is 5.21. The van der Waals surface area contributed by atoms with Gasteiger partial charge in [-0.1, -0.05) is 6.42 Å². The first-order chi connectivity index (χ1) is 7.16. The van der Waals surface area contributed by atoms with Gasteiger partial charge in [0, 0.05) is 4.88 Å². The normalized spacial score (nSPS) is 16.1. The van der Waals surface area contributed by atoms with Gasteiger partial charge in [0.15, 0.2) is 0 Å². The SMILES string of the molecule is Cc1nc(COC(=O)C2CCC2)sc1C. The van der Waals surface area contributed by atoms with Gasteiger partial charge in [-0.3, -0.25) is 4.79 Å². The minimum absolute atomic E-state index is 0.0493. The average Bonchev–Trinajstić information content (AvgIpc) is 2.40. The molecular weight excluding hydrogens is 210 g/mol. The third-order valence-corrected chi connectivity index (χ3v) is 3.90. The van der Waals surface area contributed by atoms with Gasteiger partial charge in [-0.2, -0.15) is 0 Å². The number of hydrogen-bond acceptors (Lipinski definition) is 4. The highest BCUT2D eigenvalue weighted by molar-refractivity contribution is 7.11. The lowest BCUT2D eigenvalue weighted by Crippen LogP contribution is -2.23. The molecule has 0 aromatic carbocycles. The Kier molecular flexibility index (Phi) is 3.05. The van der Waals surface area contributed by atoms with E-state index in [2.05, 4.69) is 4.98 Å². The van der Waals surface area contributed by atoms with Crippen molar-refractivity contribution < 1.29 is 9.53 Å². The van der Waals surface area contributed by atoms with Crippen molar-refractivity contribution >= 4 is 17.3 Å². The van der Waals surface area contributed by atoms with Crippen LogP contribution >= 0.6 is 11.3 Å². The summed E-state index contributed by atoms with van der Waals surface area (Å²) in [5, 5.41) is 0.901. The Morgan fingerprint density at radius 2 is 2.27 bits per heavy atom. The quantitative estimate of drug-likeness (QED) is 0.742. The molecule has 3 nitrogen and oxygen atoms in total. The van der Waals surface area contributed by atoms with Gasteiger partial charge in [0.1, 0.15) is 11.6 Å². The first kappa shape index (κ1) is 10.6. The first-order valence-electron chi connectivity index (χ1n) is 5.26. The van der Waals surface area contributed by atoms with Crippen LogP contribution in [0.15, 0.2) is 0 Å². The second-order valence-electron chi connectivity index (χ2n) is 3.98. The third kappa shape index (κ3) is 2.37. The highest BCUT2D eigenvalue weighted by atomic mass is 32.1. The van der Waals surface area contributed by atoms with E-state index in [-0.39, 0.29) is 11.9 Å². The van der Waals surface area contributed by atoms with Gasteiger partial charge >= 0.3 is 5.97 Å². The molecule has 15 heavy (non-hydrogen) atoms. The van der Waals surface area contributed by atoms with Gasteiger partial charge in [-0.15, -0.1) is 11.3 Å². The van der Waals surface area contributed by atoms with E-state index in [0.717, 1.165) is 30.0 Å². The Balaban J connectivity index is 1.84. The van der Waals surface area contributed by atoms with E-state index in [9.17, 15) is 4.79 Å². The topological polar surface area (TPSA) is 39.2 Å². The molecule has 0 aliphatic heterocycles. The van der Waals surface area contributed by atoms with Crippen LogP contribution in [-0.4, -0.2) is 11.0 Å². The van der Waals surface area contributed by atoms with E-state index in [1.54, 1.807) is 11.3 Å². The molecule has 1 aromatic rings. The molecule has 0 N–H and O–H groups in total. The fourth-order valence-corrected chi connectivity index (χ4v) is 2.34. The molecule has 0 bridgehead atoms. The highest BCUT2D eigenvalue weighted by Crippen LogP contribution is 2.28. The smallest absolute Gasteiger partial charge is 0.309 e. The predicted octanol–water partition coefficient (Wildman–Crippen LogP) is 2.60. The number of hydrogen-bond donors (Lipinski definition) is 0. The Bertz CT molecular complexity index is 349. The lowest BCUT2D eigenvalue weighted by atomic mass is 9.86. The van der Waals surface area contributed by atoms with Crippen molar-refractivity contribution in [2.45, 2.75) is 39.7 Å². The Hall–Kier alpha value is -0.900. The van der Waals surface area contributed by atoms with Gasteiger partial charge < -0.3 is 4.74 Å². The van der Waals surface area contributed by atoms with Gasteiger partial charge in [-0.25, -0.2) is 4.98 Å². The summed E-state index contributed by atoms with van der Waals surface area (Å²) in [7, 11) is 0. The monoisotopic (exact) mass is 225 g/mol. The number of ether oxygens (including phenoxy) is 1. The van der Waals surface area contributed by atoms with Crippen molar-refractivity contribution in [3.8, 4) is 0 Å². The van der Waals surface area contributed by atoms with E-state index < -0.39 is 0 Å². The van der Waals surface area contributed by atoms with Crippen molar-refractivity contribution in [2.24, 2.45) is 5.92 Å². The summed E-state index contributed by atoms with van der Waals surface area (Å²) in [5.41, 5.74) is 1.04.